The smallest absolute Gasteiger partial charge is 0.340 e. The highest BCUT2D eigenvalue weighted by Crippen LogP contribution is 2.41. The molecule has 5 heteroatoms. The Morgan fingerprint density at radius 2 is 1.77 bits per heavy atom. The quantitative estimate of drug-likeness (QED) is 0.381. The fraction of sp³-hybridized carbons (Fsp3) is 0.440. The van der Waals surface area contributed by atoms with Crippen molar-refractivity contribution in [2.75, 3.05) is 6.61 Å². The molecule has 0 saturated heterocycles. The number of nitrogens with zero attached hydrogens (tertiary/aromatic N) is 1. The number of hydrogen-bond acceptors (Lipinski definition) is 3. The van der Waals surface area contributed by atoms with Crippen molar-refractivity contribution in [2.45, 2.75) is 66.2 Å². The van der Waals surface area contributed by atoms with Gasteiger partial charge in [-0.15, -0.1) is 0 Å². The molecule has 1 heterocycles. The first-order valence-corrected chi connectivity index (χ1v) is 11.3. The minimum atomic E-state index is -0.379. The molecule has 2 aromatic rings. The summed E-state index contributed by atoms with van der Waals surface area (Å²) in [6.45, 7) is 12.5. The average Bonchev–Trinajstić information content (AvgIpc) is 2.67. The number of carbonyl (C=O) groups is 1. The lowest BCUT2D eigenvalue weighted by atomic mass is 9.86. The maximum absolute atomic E-state index is 13.2. The van der Waals surface area contributed by atoms with Gasteiger partial charge in [-0.05, 0) is 37.3 Å². The summed E-state index contributed by atoms with van der Waals surface area (Å²) in [5, 5.41) is 1.04. The first kappa shape index (κ1) is 24.4. The molecular weight excluding hydrogens is 417 g/mol. The molecule has 0 aliphatic heterocycles. The Bertz CT molecular complexity index is 933. The van der Waals surface area contributed by atoms with E-state index in [4.69, 9.17) is 32.9 Å². The average molecular weight is 448 g/mol. The van der Waals surface area contributed by atoms with Crippen LogP contribution in [0.25, 0.3) is 17.2 Å². The summed E-state index contributed by atoms with van der Waals surface area (Å²) in [6, 6.07) is 5.37. The van der Waals surface area contributed by atoms with Gasteiger partial charge in [-0.2, -0.15) is 0 Å². The van der Waals surface area contributed by atoms with Crippen LogP contribution in [0, 0.1) is 0 Å². The summed E-state index contributed by atoms with van der Waals surface area (Å²) >= 11 is 12.8. The number of pyridine rings is 1. The van der Waals surface area contributed by atoms with Crippen molar-refractivity contribution in [2.24, 2.45) is 0 Å². The van der Waals surface area contributed by atoms with Gasteiger partial charge in [-0.25, -0.2) is 4.79 Å². The number of unbranched alkanes of at least 4 members (excludes halogenated alkanes) is 1. The second-order valence-corrected chi connectivity index (χ2v) is 8.73. The Kier molecular flexibility index (Phi) is 8.93. The molecular formula is C25H31Cl2NO2. The summed E-state index contributed by atoms with van der Waals surface area (Å²) in [6.07, 6.45) is 6.16. The van der Waals surface area contributed by atoms with Crippen molar-refractivity contribution in [1.82, 2.24) is 4.98 Å². The molecule has 1 aromatic carbocycles. The maximum Gasteiger partial charge on any atom is 0.340 e. The highest BCUT2D eigenvalue weighted by Gasteiger charge is 2.28. The van der Waals surface area contributed by atoms with Crippen LogP contribution in [0.5, 0.6) is 0 Å². The van der Waals surface area contributed by atoms with E-state index in [0.29, 0.717) is 15.6 Å². The topological polar surface area (TPSA) is 39.2 Å². The van der Waals surface area contributed by atoms with Crippen LogP contribution in [0.15, 0.2) is 24.3 Å². The van der Waals surface area contributed by atoms with E-state index >= 15 is 0 Å². The van der Waals surface area contributed by atoms with Crippen LogP contribution >= 0.6 is 23.2 Å². The highest BCUT2D eigenvalue weighted by molar-refractivity contribution is 6.36. The molecule has 0 saturated carbocycles. The van der Waals surface area contributed by atoms with Gasteiger partial charge in [0.25, 0.3) is 0 Å². The Labute approximate surface area is 190 Å². The fourth-order valence-corrected chi connectivity index (χ4v) is 3.92. The predicted molar refractivity (Wildman–Crippen MR) is 128 cm³/mol. The SMILES string of the molecule is CCC/C=C/c1c(C(C)C)nc(C(C)C)c(C(=O)OCC)c1-c1ccc(Cl)cc1Cl. The van der Waals surface area contributed by atoms with Crippen LogP contribution in [-0.4, -0.2) is 17.6 Å². The van der Waals surface area contributed by atoms with Crippen molar-refractivity contribution in [3.8, 4) is 11.1 Å². The Hall–Kier alpha value is -1.84. The molecule has 2 rings (SSSR count). The molecule has 30 heavy (non-hydrogen) atoms. The molecule has 0 unspecified atom stereocenters. The zero-order valence-electron chi connectivity index (χ0n) is 18.7. The minimum Gasteiger partial charge on any atom is -0.462 e. The second-order valence-electron chi connectivity index (χ2n) is 7.89. The summed E-state index contributed by atoms with van der Waals surface area (Å²) in [4.78, 5) is 18.1. The Balaban J connectivity index is 3.04. The summed E-state index contributed by atoms with van der Waals surface area (Å²) < 4.78 is 5.45. The number of halogens is 2. The van der Waals surface area contributed by atoms with Gasteiger partial charge in [0.05, 0.1) is 23.6 Å². The van der Waals surface area contributed by atoms with Gasteiger partial charge in [-0.1, -0.05) is 82.5 Å². The molecule has 0 atom stereocenters. The third kappa shape index (κ3) is 5.44. The van der Waals surface area contributed by atoms with Crippen LogP contribution in [0.4, 0.5) is 0 Å². The molecule has 162 valence electrons. The monoisotopic (exact) mass is 447 g/mol. The number of ether oxygens (including phenoxy) is 1. The molecule has 0 radical (unpaired) electrons. The molecule has 0 bridgehead atoms. The number of aromatic nitrogens is 1. The lowest BCUT2D eigenvalue weighted by Crippen LogP contribution is -2.16. The molecule has 0 N–H and O–H groups in total. The van der Waals surface area contributed by atoms with Crippen molar-refractivity contribution < 1.29 is 9.53 Å². The van der Waals surface area contributed by atoms with E-state index in [0.717, 1.165) is 40.9 Å². The van der Waals surface area contributed by atoms with Crippen LogP contribution in [-0.2, 0) is 4.74 Å². The van der Waals surface area contributed by atoms with E-state index in [-0.39, 0.29) is 24.4 Å². The highest BCUT2D eigenvalue weighted by atomic mass is 35.5. The van der Waals surface area contributed by atoms with Gasteiger partial charge in [-0.3, -0.25) is 4.98 Å². The maximum atomic E-state index is 13.2. The molecule has 0 aliphatic carbocycles. The van der Waals surface area contributed by atoms with Crippen LogP contribution in [0.1, 0.15) is 93.5 Å². The number of esters is 1. The first-order valence-electron chi connectivity index (χ1n) is 10.6. The minimum absolute atomic E-state index is 0.0420. The van der Waals surface area contributed by atoms with E-state index in [9.17, 15) is 4.79 Å². The summed E-state index contributed by atoms with van der Waals surface area (Å²) in [7, 11) is 0. The summed E-state index contributed by atoms with van der Waals surface area (Å²) in [5.41, 5.74) is 4.59. The second kappa shape index (κ2) is 11.0. The van der Waals surface area contributed by atoms with E-state index < -0.39 is 0 Å². The normalized spacial score (nSPS) is 11.7. The van der Waals surface area contributed by atoms with E-state index in [1.165, 1.54) is 0 Å². The van der Waals surface area contributed by atoms with Crippen LogP contribution < -0.4 is 0 Å². The van der Waals surface area contributed by atoms with Crippen molar-refractivity contribution in [3.05, 3.63) is 56.8 Å². The number of hydrogen-bond donors (Lipinski definition) is 0. The fourth-order valence-electron chi connectivity index (χ4n) is 3.41. The van der Waals surface area contributed by atoms with Gasteiger partial charge in [0, 0.05) is 26.7 Å². The van der Waals surface area contributed by atoms with Crippen LogP contribution in [0.2, 0.25) is 10.0 Å². The molecule has 0 amide bonds. The van der Waals surface area contributed by atoms with E-state index in [1.807, 2.05) is 19.9 Å². The largest absolute Gasteiger partial charge is 0.462 e. The third-order valence-electron chi connectivity index (χ3n) is 4.81. The standard InChI is InChI=1S/C25H31Cl2NO2/c1-7-9-10-11-19-21(18-13-12-17(26)14-20(18)27)22(25(29)30-8-2)24(16(5)6)28-23(19)15(3)4/h10-16H,7-9H2,1-6H3/b11-10+. The molecule has 0 spiro atoms. The van der Waals surface area contributed by atoms with Gasteiger partial charge in [0.15, 0.2) is 0 Å². The summed E-state index contributed by atoms with van der Waals surface area (Å²) in [5.74, 6) is -0.166. The van der Waals surface area contributed by atoms with Gasteiger partial charge >= 0.3 is 5.97 Å². The predicted octanol–water partition coefficient (Wildman–Crippen LogP) is 8.29. The molecule has 0 aliphatic rings. The number of benzene rings is 1. The zero-order valence-corrected chi connectivity index (χ0v) is 20.2. The molecule has 0 fully saturated rings. The Morgan fingerprint density at radius 1 is 1.10 bits per heavy atom. The van der Waals surface area contributed by atoms with Gasteiger partial charge in [0.2, 0.25) is 0 Å². The lowest BCUT2D eigenvalue weighted by Gasteiger charge is -2.23. The van der Waals surface area contributed by atoms with E-state index in [1.54, 1.807) is 19.1 Å². The lowest BCUT2D eigenvalue weighted by molar-refractivity contribution is 0.0525. The number of carbonyl (C=O) groups excluding carboxylic acids is 1. The number of rotatable bonds is 8. The zero-order chi connectivity index (χ0) is 22.4. The number of allylic oxidation sites excluding steroid dienone is 1. The van der Waals surface area contributed by atoms with Gasteiger partial charge in [0.1, 0.15) is 0 Å². The Morgan fingerprint density at radius 3 is 2.30 bits per heavy atom. The van der Waals surface area contributed by atoms with Crippen LogP contribution in [0.3, 0.4) is 0 Å². The molecule has 1 aromatic heterocycles. The third-order valence-corrected chi connectivity index (χ3v) is 5.35. The first-order chi connectivity index (χ1) is 14.2. The van der Waals surface area contributed by atoms with Crippen molar-refractivity contribution in [3.63, 3.8) is 0 Å². The molecule has 3 nitrogen and oxygen atoms in total. The van der Waals surface area contributed by atoms with Crippen molar-refractivity contribution >= 4 is 35.2 Å². The van der Waals surface area contributed by atoms with Gasteiger partial charge < -0.3 is 4.74 Å². The van der Waals surface area contributed by atoms with Crippen molar-refractivity contribution in [1.29, 1.82) is 0 Å². The van der Waals surface area contributed by atoms with E-state index in [2.05, 4.69) is 32.9 Å².